The highest BCUT2D eigenvalue weighted by atomic mass is 16.6. The maximum Gasteiger partial charge on any atom is 0.343 e. The number of ether oxygens (including phenoxy) is 2. The Balaban J connectivity index is 1.91. The fourth-order valence-corrected chi connectivity index (χ4v) is 2.61. The Bertz CT molecular complexity index is 706. The summed E-state index contributed by atoms with van der Waals surface area (Å²) in [6.45, 7) is 4.23. The highest BCUT2D eigenvalue weighted by Gasteiger charge is 2.12. The summed E-state index contributed by atoms with van der Waals surface area (Å²) in [5.74, 6) is 1.32. The molecule has 2 aromatic rings. The molecule has 0 aliphatic heterocycles. The van der Waals surface area contributed by atoms with E-state index in [9.17, 15) is 4.79 Å². The molecule has 6 nitrogen and oxygen atoms in total. The average molecular weight is 343 g/mol. The molecule has 2 atom stereocenters. The standard InChI is InChI=1S/C19H25N3O3/c1-13(15-6-8-21-17(20)10-15)4-5-14(2)16-7-9-22-18(11-16)25-12-19(23)24-3/h6-11,13-14H,4-5,12H2,1-3H3,(H2,20,21). The molecular weight excluding hydrogens is 318 g/mol. The van der Waals surface area contributed by atoms with E-state index in [1.165, 1.54) is 12.7 Å². The monoisotopic (exact) mass is 343 g/mol. The number of carbonyl (C=O) groups is 1. The van der Waals surface area contributed by atoms with Crippen molar-refractivity contribution >= 4 is 11.8 Å². The van der Waals surface area contributed by atoms with Gasteiger partial charge >= 0.3 is 5.97 Å². The Labute approximate surface area is 148 Å². The molecule has 0 amide bonds. The second-order valence-electron chi connectivity index (χ2n) is 6.19. The van der Waals surface area contributed by atoms with Crippen molar-refractivity contribution in [3.63, 3.8) is 0 Å². The summed E-state index contributed by atoms with van der Waals surface area (Å²) < 4.78 is 9.91. The van der Waals surface area contributed by atoms with Crippen LogP contribution in [0.15, 0.2) is 36.7 Å². The van der Waals surface area contributed by atoms with Gasteiger partial charge in [0.05, 0.1) is 7.11 Å². The first kappa shape index (κ1) is 18.7. The molecule has 2 unspecified atom stereocenters. The van der Waals surface area contributed by atoms with Gasteiger partial charge in [-0.15, -0.1) is 0 Å². The van der Waals surface area contributed by atoms with Crippen LogP contribution in [-0.4, -0.2) is 29.7 Å². The molecule has 0 fully saturated rings. The van der Waals surface area contributed by atoms with Gasteiger partial charge in [-0.05, 0) is 54.0 Å². The van der Waals surface area contributed by atoms with Crippen LogP contribution in [0.5, 0.6) is 5.88 Å². The van der Waals surface area contributed by atoms with E-state index in [0.717, 1.165) is 18.4 Å². The van der Waals surface area contributed by atoms with Crippen LogP contribution < -0.4 is 10.5 Å². The van der Waals surface area contributed by atoms with Gasteiger partial charge in [-0.25, -0.2) is 14.8 Å². The van der Waals surface area contributed by atoms with Crippen LogP contribution in [0.4, 0.5) is 5.82 Å². The number of methoxy groups -OCH3 is 1. The largest absolute Gasteiger partial charge is 0.466 e. The smallest absolute Gasteiger partial charge is 0.343 e. The summed E-state index contributed by atoms with van der Waals surface area (Å²) in [4.78, 5) is 19.3. The Morgan fingerprint density at radius 1 is 1.08 bits per heavy atom. The molecule has 0 saturated heterocycles. The third kappa shape index (κ3) is 5.74. The van der Waals surface area contributed by atoms with Crippen LogP contribution >= 0.6 is 0 Å². The summed E-state index contributed by atoms with van der Waals surface area (Å²) in [5, 5.41) is 0. The maximum atomic E-state index is 11.2. The molecule has 0 saturated carbocycles. The van der Waals surface area contributed by atoms with E-state index in [2.05, 4.69) is 28.6 Å². The zero-order chi connectivity index (χ0) is 18.2. The quantitative estimate of drug-likeness (QED) is 0.740. The number of hydrogen-bond acceptors (Lipinski definition) is 6. The van der Waals surface area contributed by atoms with Crippen LogP contribution in [0.25, 0.3) is 0 Å². The molecule has 0 aliphatic rings. The molecule has 2 heterocycles. The number of carbonyl (C=O) groups excluding carboxylic acids is 1. The molecule has 0 aromatic carbocycles. The number of rotatable bonds is 8. The number of nitrogen functional groups attached to an aromatic ring is 1. The Hall–Kier alpha value is -2.63. The lowest BCUT2D eigenvalue weighted by Gasteiger charge is -2.17. The molecule has 134 valence electrons. The van der Waals surface area contributed by atoms with E-state index in [4.69, 9.17) is 10.5 Å². The fraction of sp³-hybridized carbons (Fsp3) is 0.421. The molecule has 6 heteroatoms. The molecule has 0 spiro atoms. The first-order chi connectivity index (χ1) is 12.0. The minimum absolute atomic E-state index is 0.137. The summed E-state index contributed by atoms with van der Waals surface area (Å²) >= 11 is 0. The number of esters is 1. The second kappa shape index (κ2) is 9.01. The third-order valence-electron chi connectivity index (χ3n) is 4.30. The van der Waals surface area contributed by atoms with E-state index in [0.29, 0.717) is 23.5 Å². The highest BCUT2D eigenvalue weighted by Crippen LogP contribution is 2.28. The minimum atomic E-state index is -0.425. The number of aromatic nitrogens is 2. The van der Waals surface area contributed by atoms with Gasteiger partial charge < -0.3 is 15.2 Å². The molecule has 2 aromatic heterocycles. The maximum absolute atomic E-state index is 11.2. The van der Waals surface area contributed by atoms with Crippen molar-refractivity contribution in [2.75, 3.05) is 19.5 Å². The summed E-state index contributed by atoms with van der Waals surface area (Å²) in [5.41, 5.74) is 8.10. The number of nitrogens with two attached hydrogens (primary N) is 1. The van der Waals surface area contributed by atoms with Crippen molar-refractivity contribution in [1.82, 2.24) is 9.97 Å². The third-order valence-corrected chi connectivity index (χ3v) is 4.30. The zero-order valence-corrected chi connectivity index (χ0v) is 14.9. The normalized spacial score (nSPS) is 13.1. The molecule has 2 N–H and O–H groups in total. The van der Waals surface area contributed by atoms with E-state index < -0.39 is 5.97 Å². The molecule has 0 bridgehead atoms. The van der Waals surface area contributed by atoms with Gasteiger partial charge in [0.1, 0.15) is 5.82 Å². The summed E-state index contributed by atoms with van der Waals surface area (Å²) in [7, 11) is 1.33. The minimum Gasteiger partial charge on any atom is -0.466 e. The van der Waals surface area contributed by atoms with Crippen LogP contribution in [-0.2, 0) is 9.53 Å². The van der Waals surface area contributed by atoms with Crippen LogP contribution in [0.2, 0.25) is 0 Å². The van der Waals surface area contributed by atoms with E-state index in [-0.39, 0.29) is 6.61 Å². The van der Waals surface area contributed by atoms with Crippen LogP contribution in [0.3, 0.4) is 0 Å². The van der Waals surface area contributed by atoms with Gasteiger partial charge in [0, 0.05) is 18.5 Å². The molecule has 0 radical (unpaired) electrons. The first-order valence-corrected chi connectivity index (χ1v) is 8.36. The highest BCUT2D eigenvalue weighted by molar-refractivity contribution is 5.70. The average Bonchev–Trinajstić information content (AvgIpc) is 2.64. The van der Waals surface area contributed by atoms with Crippen molar-refractivity contribution < 1.29 is 14.3 Å². The van der Waals surface area contributed by atoms with E-state index >= 15 is 0 Å². The molecular formula is C19H25N3O3. The van der Waals surface area contributed by atoms with Crippen molar-refractivity contribution in [2.24, 2.45) is 0 Å². The molecule has 2 rings (SSSR count). The van der Waals surface area contributed by atoms with E-state index in [1.54, 1.807) is 12.4 Å². The lowest BCUT2D eigenvalue weighted by Crippen LogP contribution is -2.13. The van der Waals surface area contributed by atoms with Gasteiger partial charge in [-0.1, -0.05) is 13.8 Å². The number of anilines is 1. The van der Waals surface area contributed by atoms with Gasteiger partial charge in [0.25, 0.3) is 0 Å². The fourth-order valence-electron chi connectivity index (χ4n) is 2.61. The molecule has 0 aliphatic carbocycles. The zero-order valence-electron chi connectivity index (χ0n) is 14.9. The Morgan fingerprint density at radius 3 is 2.28 bits per heavy atom. The first-order valence-electron chi connectivity index (χ1n) is 8.36. The predicted octanol–water partition coefficient (Wildman–Crippen LogP) is 3.30. The lowest BCUT2D eigenvalue weighted by molar-refractivity contribution is -0.143. The van der Waals surface area contributed by atoms with Gasteiger partial charge in [-0.2, -0.15) is 0 Å². The van der Waals surface area contributed by atoms with Crippen molar-refractivity contribution in [3.8, 4) is 5.88 Å². The van der Waals surface area contributed by atoms with Crippen LogP contribution in [0.1, 0.15) is 49.7 Å². The molecule has 25 heavy (non-hydrogen) atoms. The van der Waals surface area contributed by atoms with Gasteiger partial charge in [0.2, 0.25) is 5.88 Å². The van der Waals surface area contributed by atoms with Gasteiger partial charge in [0.15, 0.2) is 6.61 Å². The van der Waals surface area contributed by atoms with Crippen molar-refractivity contribution in [1.29, 1.82) is 0 Å². The Kier molecular flexibility index (Phi) is 6.74. The van der Waals surface area contributed by atoms with Crippen molar-refractivity contribution in [2.45, 2.75) is 38.5 Å². The predicted molar refractivity (Wildman–Crippen MR) is 96.5 cm³/mol. The topological polar surface area (TPSA) is 87.3 Å². The number of pyridine rings is 2. The van der Waals surface area contributed by atoms with E-state index in [1.807, 2.05) is 24.3 Å². The number of hydrogen-bond donors (Lipinski definition) is 1. The second-order valence-corrected chi connectivity index (χ2v) is 6.19. The summed E-state index contributed by atoms with van der Waals surface area (Å²) in [6, 6.07) is 7.80. The summed E-state index contributed by atoms with van der Waals surface area (Å²) in [6.07, 6.45) is 5.50. The number of nitrogens with zero attached hydrogens (tertiary/aromatic N) is 2. The van der Waals surface area contributed by atoms with Gasteiger partial charge in [-0.3, -0.25) is 0 Å². The lowest BCUT2D eigenvalue weighted by atomic mass is 9.90. The van der Waals surface area contributed by atoms with Crippen LogP contribution in [0, 0.1) is 0 Å². The Morgan fingerprint density at radius 2 is 1.68 bits per heavy atom. The SMILES string of the molecule is COC(=O)COc1cc(C(C)CCC(C)c2ccnc(N)c2)ccn1. The van der Waals surface area contributed by atoms with Crippen molar-refractivity contribution in [3.05, 3.63) is 47.8 Å².